The number of methoxy groups -OCH3 is 1. The SMILES string of the molecule is COc1ccc(CNC(=O)C[NH2+][C@H](c2ccc(C)cc2)c2cccs2)cc1. The molecule has 0 saturated heterocycles. The lowest BCUT2D eigenvalue weighted by Crippen LogP contribution is -2.87. The van der Waals surface area contributed by atoms with Gasteiger partial charge in [-0.2, -0.15) is 0 Å². The van der Waals surface area contributed by atoms with Crippen molar-refractivity contribution in [2.45, 2.75) is 19.5 Å². The summed E-state index contributed by atoms with van der Waals surface area (Å²) in [5.41, 5.74) is 3.50. The summed E-state index contributed by atoms with van der Waals surface area (Å²) in [7, 11) is 1.64. The normalized spacial score (nSPS) is 11.8. The Morgan fingerprint density at radius 3 is 2.48 bits per heavy atom. The number of amides is 1. The van der Waals surface area contributed by atoms with E-state index in [2.05, 4.69) is 59.3 Å². The Labute approximate surface area is 164 Å². The third kappa shape index (κ3) is 5.42. The van der Waals surface area contributed by atoms with Gasteiger partial charge in [0.1, 0.15) is 11.8 Å². The smallest absolute Gasteiger partial charge is 0.275 e. The maximum absolute atomic E-state index is 12.3. The number of ether oxygens (including phenoxy) is 1. The number of rotatable bonds is 8. The minimum atomic E-state index is 0.0273. The number of nitrogens with one attached hydrogen (secondary N) is 1. The van der Waals surface area contributed by atoms with Crippen LogP contribution in [0.25, 0.3) is 0 Å². The molecule has 0 bridgehead atoms. The number of carbonyl (C=O) groups is 1. The van der Waals surface area contributed by atoms with Crippen LogP contribution in [0.15, 0.2) is 66.0 Å². The Balaban J connectivity index is 1.57. The zero-order valence-electron chi connectivity index (χ0n) is 15.6. The van der Waals surface area contributed by atoms with Crippen molar-refractivity contribution in [3.8, 4) is 5.75 Å². The molecule has 0 aliphatic carbocycles. The fraction of sp³-hybridized carbons (Fsp3) is 0.227. The molecule has 4 nitrogen and oxygen atoms in total. The van der Waals surface area contributed by atoms with Crippen molar-refractivity contribution >= 4 is 17.2 Å². The van der Waals surface area contributed by atoms with Gasteiger partial charge in [0.25, 0.3) is 5.91 Å². The molecule has 2 aromatic carbocycles. The summed E-state index contributed by atoms with van der Waals surface area (Å²) in [6.07, 6.45) is 0. The Morgan fingerprint density at radius 2 is 1.85 bits per heavy atom. The van der Waals surface area contributed by atoms with Crippen LogP contribution >= 0.6 is 11.3 Å². The topological polar surface area (TPSA) is 54.9 Å². The molecule has 3 rings (SSSR count). The number of thiophene rings is 1. The molecule has 0 aliphatic heterocycles. The summed E-state index contributed by atoms with van der Waals surface area (Å²) in [5, 5.41) is 7.16. The second kappa shape index (κ2) is 9.35. The minimum Gasteiger partial charge on any atom is -0.497 e. The van der Waals surface area contributed by atoms with Gasteiger partial charge < -0.3 is 15.4 Å². The number of carbonyl (C=O) groups excluding carboxylic acids is 1. The molecule has 0 radical (unpaired) electrons. The van der Waals surface area contributed by atoms with E-state index in [1.165, 1.54) is 16.0 Å². The van der Waals surface area contributed by atoms with Crippen molar-refractivity contribution in [2.24, 2.45) is 0 Å². The van der Waals surface area contributed by atoms with Gasteiger partial charge >= 0.3 is 0 Å². The molecule has 1 aromatic heterocycles. The van der Waals surface area contributed by atoms with Gasteiger partial charge in [-0.15, -0.1) is 11.3 Å². The first-order valence-electron chi connectivity index (χ1n) is 8.98. The predicted molar refractivity (Wildman–Crippen MR) is 109 cm³/mol. The first kappa shape index (κ1) is 19.1. The van der Waals surface area contributed by atoms with Crippen LogP contribution < -0.4 is 15.4 Å². The minimum absolute atomic E-state index is 0.0273. The molecule has 0 saturated carbocycles. The number of quaternary nitrogens is 1. The number of benzene rings is 2. The van der Waals surface area contributed by atoms with E-state index in [-0.39, 0.29) is 11.9 Å². The van der Waals surface area contributed by atoms with Gasteiger partial charge in [0.05, 0.1) is 12.0 Å². The third-order valence-electron chi connectivity index (χ3n) is 4.47. The summed E-state index contributed by atoms with van der Waals surface area (Å²) in [6.45, 7) is 2.98. The summed E-state index contributed by atoms with van der Waals surface area (Å²) >= 11 is 1.72. The lowest BCUT2D eigenvalue weighted by molar-refractivity contribution is -0.676. The molecule has 3 aromatic rings. The second-order valence-electron chi connectivity index (χ2n) is 6.47. The fourth-order valence-electron chi connectivity index (χ4n) is 2.90. The lowest BCUT2D eigenvalue weighted by atomic mass is 10.0. The highest BCUT2D eigenvalue weighted by Gasteiger charge is 2.19. The molecular formula is C22H25N2O2S+. The molecule has 0 fully saturated rings. The van der Waals surface area contributed by atoms with E-state index in [0.29, 0.717) is 13.1 Å². The van der Waals surface area contributed by atoms with Gasteiger partial charge in [0.2, 0.25) is 0 Å². The van der Waals surface area contributed by atoms with E-state index in [1.54, 1.807) is 18.4 Å². The van der Waals surface area contributed by atoms with Crippen molar-refractivity contribution in [1.29, 1.82) is 0 Å². The summed E-state index contributed by atoms with van der Waals surface area (Å²) in [6, 6.07) is 20.6. The van der Waals surface area contributed by atoms with Crippen molar-refractivity contribution in [3.05, 3.63) is 87.6 Å². The number of nitrogens with two attached hydrogens (primary N) is 1. The maximum Gasteiger partial charge on any atom is 0.275 e. The predicted octanol–water partition coefficient (Wildman–Crippen LogP) is 3.03. The fourth-order valence-corrected chi connectivity index (χ4v) is 3.75. The van der Waals surface area contributed by atoms with Crippen LogP contribution in [0.3, 0.4) is 0 Å². The Bertz CT molecular complexity index is 843. The van der Waals surface area contributed by atoms with Crippen LogP contribution in [-0.2, 0) is 11.3 Å². The van der Waals surface area contributed by atoms with Crippen molar-refractivity contribution in [3.63, 3.8) is 0 Å². The maximum atomic E-state index is 12.3. The summed E-state index contributed by atoms with van der Waals surface area (Å²) in [5.74, 6) is 0.842. The van der Waals surface area contributed by atoms with Crippen molar-refractivity contribution in [2.75, 3.05) is 13.7 Å². The van der Waals surface area contributed by atoms with E-state index < -0.39 is 0 Å². The standard InChI is InChI=1S/C22H24N2O2S/c1-16-5-9-18(10-6-16)22(20-4-3-13-27-20)24-15-21(25)23-14-17-7-11-19(26-2)12-8-17/h3-13,22,24H,14-15H2,1-2H3,(H,23,25)/p+1/t22-/m1/s1. The van der Waals surface area contributed by atoms with E-state index >= 15 is 0 Å². The van der Waals surface area contributed by atoms with E-state index in [0.717, 1.165) is 11.3 Å². The molecular weight excluding hydrogens is 356 g/mol. The Morgan fingerprint density at radius 1 is 1.11 bits per heavy atom. The Kier molecular flexibility index (Phi) is 6.63. The zero-order valence-corrected chi connectivity index (χ0v) is 16.5. The zero-order chi connectivity index (χ0) is 19.1. The molecule has 3 N–H and O–H groups in total. The molecule has 1 amide bonds. The summed E-state index contributed by atoms with van der Waals surface area (Å²) in [4.78, 5) is 13.6. The van der Waals surface area contributed by atoms with E-state index in [4.69, 9.17) is 4.74 Å². The third-order valence-corrected chi connectivity index (χ3v) is 5.43. The first-order valence-corrected chi connectivity index (χ1v) is 9.86. The molecule has 0 spiro atoms. The van der Waals surface area contributed by atoms with Crippen LogP contribution in [-0.4, -0.2) is 19.6 Å². The molecule has 1 heterocycles. The molecule has 0 aliphatic rings. The van der Waals surface area contributed by atoms with Crippen LogP contribution in [0.5, 0.6) is 5.75 Å². The average molecular weight is 382 g/mol. The van der Waals surface area contributed by atoms with Crippen LogP contribution in [0.4, 0.5) is 0 Å². The highest BCUT2D eigenvalue weighted by Crippen LogP contribution is 2.22. The van der Waals surface area contributed by atoms with Gasteiger partial charge in [-0.1, -0.05) is 48.0 Å². The van der Waals surface area contributed by atoms with Gasteiger partial charge in [-0.05, 0) is 36.1 Å². The molecule has 1 atom stereocenters. The van der Waals surface area contributed by atoms with Gasteiger partial charge in [-0.25, -0.2) is 0 Å². The lowest BCUT2D eigenvalue weighted by Gasteiger charge is -2.15. The second-order valence-corrected chi connectivity index (χ2v) is 7.45. The molecule has 0 unspecified atom stereocenters. The van der Waals surface area contributed by atoms with Crippen molar-refractivity contribution in [1.82, 2.24) is 5.32 Å². The number of hydrogen-bond donors (Lipinski definition) is 2. The van der Waals surface area contributed by atoms with Crippen LogP contribution in [0, 0.1) is 6.92 Å². The van der Waals surface area contributed by atoms with Crippen LogP contribution in [0.1, 0.15) is 27.6 Å². The highest BCUT2D eigenvalue weighted by atomic mass is 32.1. The van der Waals surface area contributed by atoms with Crippen molar-refractivity contribution < 1.29 is 14.8 Å². The number of aryl methyl sites for hydroxylation is 1. The summed E-state index contributed by atoms with van der Waals surface area (Å²) < 4.78 is 5.15. The average Bonchev–Trinajstić information content (AvgIpc) is 3.23. The number of hydrogen-bond acceptors (Lipinski definition) is 3. The van der Waals surface area contributed by atoms with E-state index in [1.807, 2.05) is 24.3 Å². The molecule has 5 heteroatoms. The quantitative estimate of drug-likeness (QED) is 0.630. The largest absolute Gasteiger partial charge is 0.497 e. The van der Waals surface area contributed by atoms with Gasteiger partial charge in [0, 0.05) is 12.1 Å². The highest BCUT2D eigenvalue weighted by molar-refractivity contribution is 7.10. The van der Waals surface area contributed by atoms with E-state index in [9.17, 15) is 4.79 Å². The molecule has 27 heavy (non-hydrogen) atoms. The molecule has 140 valence electrons. The van der Waals surface area contributed by atoms with Gasteiger partial charge in [-0.3, -0.25) is 4.79 Å². The first-order chi connectivity index (χ1) is 13.2. The Hall–Kier alpha value is -2.63. The van der Waals surface area contributed by atoms with Gasteiger partial charge in [0.15, 0.2) is 6.54 Å². The monoisotopic (exact) mass is 381 g/mol. The van der Waals surface area contributed by atoms with Crippen LogP contribution in [0.2, 0.25) is 0 Å².